The predicted molar refractivity (Wildman–Crippen MR) is 103 cm³/mol. The molecule has 0 aliphatic carbocycles. The molecule has 1 saturated heterocycles. The molecule has 1 fully saturated rings. The maximum atomic E-state index is 12.4. The molecule has 0 radical (unpaired) electrons. The molecule has 9 heteroatoms. The molecule has 3 heterocycles. The van der Waals surface area contributed by atoms with Crippen molar-refractivity contribution in [3.63, 3.8) is 0 Å². The molecule has 1 aliphatic heterocycles. The smallest absolute Gasteiger partial charge is 0.226 e. The summed E-state index contributed by atoms with van der Waals surface area (Å²) in [4.78, 5) is 29.5. The third kappa shape index (κ3) is 4.54. The van der Waals surface area contributed by atoms with Crippen molar-refractivity contribution in [3.05, 3.63) is 30.5 Å². The lowest BCUT2D eigenvalue weighted by Crippen LogP contribution is -2.43. The van der Waals surface area contributed by atoms with Crippen molar-refractivity contribution < 1.29 is 9.53 Å². The van der Waals surface area contributed by atoms with Gasteiger partial charge in [-0.3, -0.25) is 4.79 Å². The van der Waals surface area contributed by atoms with Crippen LogP contribution in [-0.2, 0) is 23.0 Å². The number of ether oxygens (including phenoxy) is 1. The topological polar surface area (TPSA) is 88.4 Å². The van der Waals surface area contributed by atoms with Crippen LogP contribution in [-0.4, -0.2) is 71.9 Å². The van der Waals surface area contributed by atoms with E-state index in [0.29, 0.717) is 31.9 Å². The molecule has 0 aromatic carbocycles. The number of imidazole rings is 1. The monoisotopic (exact) mass is 373 g/mol. The van der Waals surface area contributed by atoms with Gasteiger partial charge in [-0.15, -0.1) is 0 Å². The van der Waals surface area contributed by atoms with E-state index >= 15 is 0 Å². The minimum Gasteiger partial charge on any atom is -0.377 e. The van der Waals surface area contributed by atoms with E-state index in [-0.39, 0.29) is 18.1 Å². The van der Waals surface area contributed by atoms with Gasteiger partial charge in [0.1, 0.15) is 11.6 Å². The molecule has 2 aromatic heterocycles. The highest BCUT2D eigenvalue weighted by Gasteiger charge is 2.34. The molecule has 3 rings (SSSR count). The second kappa shape index (κ2) is 8.34. The van der Waals surface area contributed by atoms with Crippen LogP contribution in [0.1, 0.15) is 12.2 Å². The quantitative estimate of drug-likeness (QED) is 0.743. The van der Waals surface area contributed by atoms with Crippen LogP contribution in [0.3, 0.4) is 0 Å². The van der Waals surface area contributed by atoms with Crippen molar-refractivity contribution >= 4 is 17.7 Å². The Kier molecular flexibility index (Phi) is 5.90. The zero-order valence-corrected chi connectivity index (χ0v) is 16.3. The summed E-state index contributed by atoms with van der Waals surface area (Å²) < 4.78 is 7.53. The lowest BCUT2D eigenvalue weighted by atomic mass is 10.2. The largest absolute Gasteiger partial charge is 0.377 e. The SMILES string of the molecule is CO[C@@H]1CN(c2ccnc(N(C)C)n2)C[C@@H]1NC(=O)CCc1nccn1C. The van der Waals surface area contributed by atoms with Gasteiger partial charge in [-0.25, -0.2) is 9.97 Å². The van der Waals surface area contributed by atoms with Gasteiger partial charge in [-0.1, -0.05) is 0 Å². The van der Waals surface area contributed by atoms with Crippen molar-refractivity contribution in [2.24, 2.45) is 7.05 Å². The van der Waals surface area contributed by atoms with Gasteiger partial charge < -0.3 is 24.4 Å². The minimum atomic E-state index is -0.0834. The van der Waals surface area contributed by atoms with Crippen LogP contribution in [0, 0.1) is 0 Å². The third-order valence-corrected chi connectivity index (χ3v) is 4.76. The minimum absolute atomic E-state index is 0.00330. The number of aryl methyl sites for hydroxylation is 2. The van der Waals surface area contributed by atoms with Crippen LogP contribution >= 0.6 is 0 Å². The molecule has 1 amide bonds. The molecule has 2 atom stereocenters. The first-order valence-electron chi connectivity index (χ1n) is 9.01. The summed E-state index contributed by atoms with van der Waals surface area (Å²) in [6.45, 7) is 1.32. The van der Waals surface area contributed by atoms with Crippen LogP contribution < -0.4 is 15.1 Å². The Morgan fingerprint density at radius 2 is 2.15 bits per heavy atom. The number of hydrogen-bond donors (Lipinski definition) is 1. The summed E-state index contributed by atoms with van der Waals surface area (Å²) in [7, 11) is 7.42. The zero-order chi connectivity index (χ0) is 19.4. The summed E-state index contributed by atoms with van der Waals surface area (Å²) in [5, 5.41) is 3.10. The number of nitrogens with one attached hydrogen (secondary N) is 1. The molecular weight excluding hydrogens is 346 g/mol. The lowest BCUT2D eigenvalue weighted by Gasteiger charge is -2.19. The molecule has 9 nitrogen and oxygen atoms in total. The Morgan fingerprint density at radius 1 is 1.33 bits per heavy atom. The second-order valence-electron chi connectivity index (χ2n) is 6.92. The predicted octanol–water partition coefficient (Wildman–Crippen LogP) is 0.229. The van der Waals surface area contributed by atoms with E-state index in [2.05, 4.69) is 25.2 Å². The summed E-state index contributed by atoms with van der Waals surface area (Å²) >= 11 is 0. The fourth-order valence-electron chi connectivity index (χ4n) is 3.21. The van der Waals surface area contributed by atoms with Gasteiger partial charge in [-0.2, -0.15) is 4.98 Å². The Morgan fingerprint density at radius 3 is 2.81 bits per heavy atom. The van der Waals surface area contributed by atoms with Gasteiger partial charge in [0, 0.05) is 72.8 Å². The Labute approximate surface area is 159 Å². The number of carbonyl (C=O) groups excluding carboxylic acids is 1. The van der Waals surface area contributed by atoms with Crippen LogP contribution in [0.25, 0.3) is 0 Å². The first-order valence-corrected chi connectivity index (χ1v) is 9.01. The van der Waals surface area contributed by atoms with E-state index in [1.54, 1.807) is 19.5 Å². The molecule has 2 aromatic rings. The van der Waals surface area contributed by atoms with Crippen LogP contribution in [0.15, 0.2) is 24.7 Å². The molecule has 146 valence electrons. The number of methoxy groups -OCH3 is 1. The number of amides is 1. The fourth-order valence-corrected chi connectivity index (χ4v) is 3.21. The summed E-state index contributed by atoms with van der Waals surface area (Å²) in [5.41, 5.74) is 0. The average Bonchev–Trinajstić information content (AvgIpc) is 3.26. The Bertz CT molecular complexity index is 777. The number of rotatable bonds is 7. The fraction of sp³-hybridized carbons (Fsp3) is 0.556. The first-order chi connectivity index (χ1) is 13.0. The van der Waals surface area contributed by atoms with Crippen molar-refractivity contribution in [3.8, 4) is 0 Å². The van der Waals surface area contributed by atoms with E-state index in [0.717, 1.165) is 11.6 Å². The van der Waals surface area contributed by atoms with Crippen molar-refractivity contribution in [2.45, 2.75) is 25.0 Å². The molecule has 0 saturated carbocycles. The first kappa shape index (κ1) is 19.1. The number of anilines is 2. The molecule has 0 unspecified atom stereocenters. The Balaban J connectivity index is 1.60. The molecule has 1 aliphatic rings. The average molecular weight is 373 g/mol. The maximum absolute atomic E-state index is 12.4. The molecule has 1 N–H and O–H groups in total. The van der Waals surface area contributed by atoms with Gasteiger partial charge in [0.2, 0.25) is 11.9 Å². The molecule has 27 heavy (non-hydrogen) atoms. The van der Waals surface area contributed by atoms with E-state index in [9.17, 15) is 4.79 Å². The van der Waals surface area contributed by atoms with Gasteiger partial charge in [0.15, 0.2) is 0 Å². The Hall–Kier alpha value is -2.68. The van der Waals surface area contributed by atoms with Crippen molar-refractivity contribution in [1.29, 1.82) is 0 Å². The van der Waals surface area contributed by atoms with E-state index in [1.165, 1.54) is 0 Å². The number of hydrogen-bond acceptors (Lipinski definition) is 7. The van der Waals surface area contributed by atoms with E-state index in [1.807, 2.05) is 42.9 Å². The van der Waals surface area contributed by atoms with Crippen LogP contribution in [0.4, 0.5) is 11.8 Å². The van der Waals surface area contributed by atoms with Crippen LogP contribution in [0.2, 0.25) is 0 Å². The second-order valence-corrected chi connectivity index (χ2v) is 6.92. The summed E-state index contributed by atoms with van der Waals surface area (Å²) in [6, 6.07) is 1.80. The van der Waals surface area contributed by atoms with Gasteiger partial charge in [0.05, 0.1) is 12.1 Å². The number of carbonyl (C=O) groups is 1. The van der Waals surface area contributed by atoms with Crippen molar-refractivity contribution in [2.75, 3.05) is 44.1 Å². The highest BCUT2D eigenvalue weighted by atomic mass is 16.5. The summed E-state index contributed by atoms with van der Waals surface area (Å²) in [5.74, 6) is 2.40. The molecule has 0 spiro atoms. The van der Waals surface area contributed by atoms with Gasteiger partial charge >= 0.3 is 0 Å². The molecule has 0 bridgehead atoms. The standard InChI is InChI=1S/C18H27N7O2/c1-23(2)18-20-8-7-16(22-18)25-11-13(14(12-25)27-4)21-17(26)6-5-15-19-9-10-24(15)3/h7-10,13-14H,5-6,11-12H2,1-4H3,(H,21,26)/t13-,14+/m0/s1. The lowest BCUT2D eigenvalue weighted by molar-refractivity contribution is -0.122. The summed E-state index contributed by atoms with van der Waals surface area (Å²) in [6.07, 6.45) is 6.30. The van der Waals surface area contributed by atoms with E-state index < -0.39 is 0 Å². The normalized spacial score (nSPS) is 19.3. The van der Waals surface area contributed by atoms with Crippen LogP contribution in [0.5, 0.6) is 0 Å². The zero-order valence-electron chi connectivity index (χ0n) is 16.3. The molecular formula is C18H27N7O2. The highest BCUT2D eigenvalue weighted by Crippen LogP contribution is 2.21. The van der Waals surface area contributed by atoms with E-state index in [4.69, 9.17) is 4.74 Å². The van der Waals surface area contributed by atoms with Gasteiger partial charge in [0.25, 0.3) is 0 Å². The van der Waals surface area contributed by atoms with Crippen molar-refractivity contribution in [1.82, 2.24) is 24.8 Å². The highest BCUT2D eigenvalue weighted by molar-refractivity contribution is 5.76. The van der Waals surface area contributed by atoms with Gasteiger partial charge in [-0.05, 0) is 6.07 Å². The maximum Gasteiger partial charge on any atom is 0.226 e. The third-order valence-electron chi connectivity index (χ3n) is 4.76. The number of nitrogens with zero attached hydrogens (tertiary/aromatic N) is 6. The number of aromatic nitrogens is 4.